The van der Waals surface area contributed by atoms with Crippen LogP contribution in [0.4, 0.5) is 0 Å². The molecule has 8 unspecified atom stereocenters. The van der Waals surface area contributed by atoms with Gasteiger partial charge < -0.3 is 24.4 Å². The van der Waals surface area contributed by atoms with Crippen LogP contribution in [0.25, 0.3) is 0 Å². The number of aliphatic hydroxyl groups excluding tert-OH is 1. The first-order valence-corrected chi connectivity index (χ1v) is 11.5. The van der Waals surface area contributed by atoms with E-state index in [1.54, 1.807) is 39.8 Å². The van der Waals surface area contributed by atoms with Gasteiger partial charge in [0.2, 0.25) is 0 Å². The van der Waals surface area contributed by atoms with Crippen LogP contribution in [0.1, 0.15) is 68.2 Å². The second kappa shape index (κ2) is 8.26. The highest BCUT2D eigenvalue weighted by Crippen LogP contribution is 2.64. The summed E-state index contributed by atoms with van der Waals surface area (Å²) in [4.78, 5) is 25.5. The number of rotatable bonds is 5. The van der Waals surface area contributed by atoms with Gasteiger partial charge in [-0.05, 0) is 40.5 Å². The molecule has 1 saturated heterocycles. The molecule has 0 radical (unpaired) electrons. The fraction of sp³-hybridized carbons (Fsp3) is 0.760. The summed E-state index contributed by atoms with van der Waals surface area (Å²) in [5.41, 5.74) is -2.15. The third-order valence-electron chi connectivity index (χ3n) is 8.26. The van der Waals surface area contributed by atoms with Crippen molar-refractivity contribution in [1.82, 2.24) is 0 Å². The summed E-state index contributed by atoms with van der Waals surface area (Å²) >= 11 is 0. The number of carbonyl (C=O) groups excluding carboxylic acids is 2. The Morgan fingerprint density at radius 2 is 1.56 bits per heavy atom. The molecule has 7 nitrogen and oxygen atoms in total. The largest absolute Gasteiger partial charge is 0.458 e. The minimum absolute atomic E-state index is 0.0998. The van der Waals surface area contributed by atoms with Crippen molar-refractivity contribution in [3.63, 3.8) is 0 Å². The highest BCUT2D eigenvalue weighted by Gasteiger charge is 2.76. The Balaban J connectivity index is 2.12. The molecular weight excluding hydrogens is 412 g/mol. The van der Waals surface area contributed by atoms with E-state index in [0.717, 1.165) is 0 Å². The predicted octanol–water partition coefficient (Wildman–Crippen LogP) is 3.08. The molecule has 1 heterocycles. The molecule has 0 bridgehead atoms. The smallest absolute Gasteiger partial charge is 0.333 e. The minimum Gasteiger partial charge on any atom is -0.458 e. The van der Waals surface area contributed by atoms with Gasteiger partial charge in [0.25, 0.3) is 0 Å². The highest BCUT2D eigenvalue weighted by atomic mass is 16.6. The van der Waals surface area contributed by atoms with Crippen molar-refractivity contribution < 1.29 is 34.0 Å². The van der Waals surface area contributed by atoms with E-state index in [-0.39, 0.29) is 12.3 Å². The van der Waals surface area contributed by atoms with Crippen molar-refractivity contribution in [3.8, 4) is 0 Å². The molecule has 3 fully saturated rings. The SMILES string of the molecule is CC=C(C)C(=O)OC1CC2(C)OC2C(OC(=O)C(C)=CC)C2(C)C(O)CC(O)(C(C)C)C12. The second-order valence-electron chi connectivity index (χ2n) is 10.5. The molecule has 3 rings (SSSR count). The number of allylic oxidation sites excluding steroid dienone is 2. The van der Waals surface area contributed by atoms with E-state index in [4.69, 9.17) is 14.2 Å². The van der Waals surface area contributed by atoms with Crippen LogP contribution in [0, 0.1) is 17.3 Å². The average Bonchev–Trinajstić information content (AvgIpc) is 3.33. The fourth-order valence-electron chi connectivity index (χ4n) is 5.70. The van der Waals surface area contributed by atoms with Crippen molar-refractivity contribution in [2.24, 2.45) is 17.3 Å². The molecule has 7 heteroatoms. The van der Waals surface area contributed by atoms with Gasteiger partial charge in [-0.25, -0.2) is 9.59 Å². The third kappa shape index (κ3) is 3.72. The van der Waals surface area contributed by atoms with Gasteiger partial charge in [-0.15, -0.1) is 0 Å². The quantitative estimate of drug-likeness (QED) is 0.377. The molecule has 8 atom stereocenters. The molecule has 1 aliphatic heterocycles. The van der Waals surface area contributed by atoms with Crippen LogP contribution in [-0.4, -0.2) is 57.8 Å². The number of hydrogen-bond donors (Lipinski definition) is 2. The Morgan fingerprint density at radius 1 is 1.03 bits per heavy atom. The van der Waals surface area contributed by atoms with Gasteiger partial charge in [0.05, 0.1) is 17.3 Å². The highest BCUT2D eigenvalue weighted by molar-refractivity contribution is 5.88. The normalized spacial score (nSPS) is 43.9. The Morgan fingerprint density at radius 3 is 2.06 bits per heavy atom. The van der Waals surface area contributed by atoms with Crippen LogP contribution in [0.3, 0.4) is 0 Å². The summed E-state index contributed by atoms with van der Waals surface area (Å²) < 4.78 is 18.0. The van der Waals surface area contributed by atoms with E-state index in [9.17, 15) is 19.8 Å². The van der Waals surface area contributed by atoms with Crippen molar-refractivity contribution >= 4 is 11.9 Å². The zero-order valence-corrected chi connectivity index (χ0v) is 20.5. The Labute approximate surface area is 190 Å². The molecule has 0 aromatic rings. The fourth-order valence-corrected chi connectivity index (χ4v) is 5.70. The maximum atomic E-state index is 12.8. The van der Waals surface area contributed by atoms with Gasteiger partial charge in [-0.1, -0.05) is 32.9 Å². The van der Waals surface area contributed by atoms with Crippen LogP contribution < -0.4 is 0 Å². The van der Waals surface area contributed by atoms with Crippen molar-refractivity contribution in [3.05, 3.63) is 23.3 Å². The Kier molecular flexibility index (Phi) is 6.44. The van der Waals surface area contributed by atoms with Gasteiger partial charge >= 0.3 is 11.9 Å². The molecule has 2 aliphatic carbocycles. The van der Waals surface area contributed by atoms with Gasteiger partial charge in [-0.3, -0.25) is 0 Å². The van der Waals surface area contributed by atoms with Crippen LogP contribution in [0.15, 0.2) is 23.3 Å². The van der Waals surface area contributed by atoms with Crippen LogP contribution in [0.2, 0.25) is 0 Å². The lowest BCUT2D eigenvalue weighted by Gasteiger charge is -2.46. The van der Waals surface area contributed by atoms with Crippen molar-refractivity contribution in [2.45, 2.75) is 104 Å². The van der Waals surface area contributed by atoms with Crippen LogP contribution >= 0.6 is 0 Å². The van der Waals surface area contributed by atoms with E-state index in [0.29, 0.717) is 17.6 Å². The summed E-state index contributed by atoms with van der Waals surface area (Å²) in [5, 5.41) is 23.2. The van der Waals surface area contributed by atoms with Gasteiger partial charge in [-0.2, -0.15) is 0 Å². The Bertz CT molecular complexity index is 845. The zero-order valence-electron chi connectivity index (χ0n) is 20.5. The molecular formula is C25H38O7. The molecule has 2 saturated carbocycles. The second-order valence-corrected chi connectivity index (χ2v) is 10.5. The maximum Gasteiger partial charge on any atom is 0.333 e. The first-order valence-electron chi connectivity index (χ1n) is 11.5. The lowest BCUT2D eigenvalue weighted by Crippen LogP contribution is -2.56. The van der Waals surface area contributed by atoms with Crippen LogP contribution in [-0.2, 0) is 23.8 Å². The lowest BCUT2D eigenvalue weighted by molar-refractivity contribution is -0.186. The van der Waals surface area contributed by atoms with Gasteiger partial charge in [0.1, 0.15) is 18.3 Å². The topological polar surface area (TPSA) is 106 Å². The summed E-state index contributed by atoms with van der Waals surface area (Å²) in [5.74, 6) is -1.81. The molecule has 3 aliphatic rings. The summed E-state index contributed by atoms with van der Waals surface area (Å²) in [6.07, 6.45) is 0.855. The number of epoxide rings is 1. The number of aliphatic hydroxyl groups is 2. The van der Waals surface area contributed by atoms with E-state index >= 15 is 0 Å². The predicted molar refractivity (Wildman–Crippen MR) is 119 cm³/mol. The lowest BCUT2D eigenvalue weighted by atomic mass is 9.66. The molecule has 0 aromatic carbocycles. The maximum absolute atomic E-state index is 12.8. The number of carbonyl (C=O) groups is 2. The molecule has 180 valence electrons. The zero-order chi connectivity index (χ0) is 24.2. The molecule has 0 spiro atoms. The van der Waals surface area contributed by atoms with Gasteiger partial charge in [0.15, 0.2) is 0 Å². The van der Waals surface area contributed by atoms with Crippen LogP contribution in [0.5, 0.6) is 0 Å². The summed E-state index contributed by atoms with van der Waals surface area (Å²) in [6, 6.07) is 0. The van der Waals surface area contributed by atoms with E-state index in [1.807, 2.05) is 27.7 Å². The molecule has 32 heavy (non-hydrogen) atoms. The molecule has 0 aromatic heterocycles. The van der Waals surface area contributed by atoms with Gasteiger partial charge in [0, 0.05) is 35.3 Å². The first-order chi connectivity index (χ1) is 14.8. The van der Waals surface area contributed by atoms with Crippen molar-refractivity contribution in [1.29, 1.82) is 0 Å². The van der Waals surface area contributed by atoms with E-state index in [2.05, 4.69) is 0 Å². The number of ether oxygens (including phenoxy) is 3. The summed E-state index contributed by atoms with van der Waals surface area (Å²) in [7, 11) is 0. The number of hydrogen-bond acceptors (Lipinski definition) is 7. The molecule has 0 amide bonds. The molecule has 2 N–H and O–H groups in total. The number of esters is 2. The standard InChI is InChI=1S/C25H38O7/c1-9-14(5)21(27)30-16-11-23(7)19(32-23)20(31-22(28)15(6)10-2)24(8)17(26)12-25(29,13(3)4)18(16)24/h9-10,13,16-20,26,29H,11-12H2,1-8H3. The minimum atomic E-state index is -1.31. The third-order valence-corrected chi connectivity index (χ3v) is 8.26. The average molecular weight is 451 g/mol. The van der Waals surface area contributed by atoms with E-state index in [1.165, 1.54) is 0 Å². The monoisotopic (exact) mass is 450 g/mol. The van der Waals surface area contributed by atoms with Crippen molar-refractivity contribution in [2.75, 3.05) is 0 Å². The Hall–Kier alpha value is -1.70. The first kappa shape index (κ1) is 24.9. The summed E-state index contributed by atoms with van der Waals surface area (Å²) in [6.45, 7) is 14.4. The van der Waals surface area contributed by atoms with E-state index < -0.39 is 58.9 Å². The number of fused-ring (bicyclic) bond motifs is 2.